The number of likely N-dealkylation sites (N-methyl/N-ethyl adjacent to an activating group) is 1. The quantitative estimate of drug-likeness (QED) is 0.696. The van der Waals surface area contributed by atoms with Crippen LogP contribution in [-0.2, 0) is 7.05 Å². The maximum Gasteiger partial charge on any atom is 0.209 e. The van der Waals surface area contributed by atoms with Gasteiger partial charge >= 0.3 is 0 Å². The summed E-state index contributed by atoms with van der Waals surface area (Å²) in [4.78, 5) is 27.0. The highest BCUT2D eigenvalue weighted by Gasteiger charge is 2.18. The second kappa shape index (κ2) is 9.02. The van der Waals surface area contributed by atoms with E-state index in [1.807, 2.05) is 13.8 Å². The molecule has 0 saturated heterocycles. The lowest BCUT2D eigenvalue weighted by Crippen LogP contribution is -2.29. The van der Waals surface area contributed by atoms with E-state index in [9.17, 15) is 9.59 Å². The summed E-state index contributed by atoms with van der Waals surface area (Å²) in [6.45, 7) is 6.07. The molecule has 0 atom stereocenters. The number of hydrogen-bond donors (Lipinski definition) is 0. The Morgan fingerprint density at radius 1 is 1.08 bits per heavy atom. The molecule has 0 N–H and O–H groups in total. The van der Waals surface area contributed by atoms with Gasteiger partial charge in [-0.25, -0.2) is 0 Å². The Balaban J connectivity index is 0.00000288. The van der Waals surface area contributed by atoms with Crippen LogP contribution in [-0.4, -0.2) is 40.7 Å². The van der Waals surface area contributed by atoms with Gasteiger partial charge in [-0.05, 0) is 43.4 Å². The monoisotopic (exact) mass is 368 g/mol. The normalized spacial score (nSPS) is 10.5. The fourth-order valence-corrected chi connectivity index (χ4v) is 2.56. The molecule has 130 valence electrons. The first-order chi connectivity index (χ1) is 11.0. The zero-order chi connectivity index (χ0) is 17.0. The Morgan fingerprint density at radius 2 is 1.67 bits per heavy atom. The van der Waals surface area contributed by atoms with Crippen LogP contribution in [0.3, 0.4) is 0 Å². The highest BCUT2D eigenvalue weighted by atomic mass is 35.5. The van der Waals surface area contributed by atoms with E-state index < -0.39 is 0 Å². The number of carbonyl (C=O) groups excluding carboxylic acids is 2. The van der Waals surface area contributed by atoms with Crippen molar-refractivity contribution >= 4 is 35.6 Å². The van der Waals surface area contributed by atoms with Crippen LogP contribution in [0.4, 0.5) is 0 Å². The van der Waals surface area contributed by atoms with Crippen molar-refractivity contribution in [2.45, 2.75) is 13.8 Å². The molecule has 1 aromatic heterocycles. The molecular formula is C18H22Cl2N2O2. The summed E-state index contributed by atoms with van der Waals surface area (Å²) in [5.74, 6) is -0.0921. The second-order valence-corrected chi connectivity index (χ2v) is 5.88. The molecule has 0 amide bonds. The highest BCUT2D eigenvalue weighted by molar-refractivity contribution is 6.30. The SMILES string of the molecule is CCN(CC)CC(=O)c1cc(C(=O)c2ccc(Cl)cc2)n(C)c1.Cl. The van der Waals surface area contributed by atoms with Gasteiger partial charge in [0.25, 0.3) is 0 Å². The molecule has 0 aliphatic rings. The molecule has 0 spiro atoms. The number of carbonyl (C=O) groups is 2. The highest BCUT2D eigenvalue weighted by Crippen LogP contribution is 2.16. The number of benzene rings is 1. The van der Waals surface area contributed by atoms with Gasteiger partial charge in [-0.15, -0.1) is 12.4 Å². The summed E-state index contributed by atoms with van der Waals surface area (Å²) in [7, 11) is 1.78. The average Bonchev–Trinajstić information content (AvgIpc) is 2.94. The van der Waals surface area contributed by atoms with Gasteiger partial charge in [-0.2, -0.15) is 0 Å². The van der Waals surface area contributed by atoms with Crippen molar-refractivity contribution < 1.29 is 9.59 Å². The van der Waals surface area contributed by atoms with Gasteiger partial charge in [0.2, 0.25) is 5.78 Å². The molecule has 24 heavy (non-hydrogen) atoms. The van der Waals surface area contributed by atoms with E-state index in [0.717, 1.165) is 13.1 Å². The maximum atomic E-state index is 12.6. The summed E-state index contributed by atoms with van der Waals surface area (Å²) in [6.07, 6.45) is 1.72. The number of ketones is 2. The van der Waals surface area contributed by atoms with E-state index in [1.54, 1.807) is 48.1 Å². The van der Waals surface area contributed by atoms with Crippen LogP contribution in [0, 0.1) is 0 Å². The minimum absolute atomic E-state index is 0. The topological polar surface area (TPSA) is 42.3 Å². The molecule has 0 aliphatic heterocycles. The Kier molecular flexibility index (Phi) is 7.67. The van der Waals surface area contributed by atoms with Crippen LogP contribution < -0.4 is 0 Å². The van der Waals surface area contributed by atoms with E-state index in [-0.39, 0.29) is 24.0 Å². The van der Waals surface area contributed by atoms with Crippen molar-refractivity contribution in [3.63, 3.8) is 0 Å². The Bertz CT molecular complexity index is 704. The largest absolute Gasteiger partial charge is 0.347 e. The smallest absolute Gasteiger partial charge is 0.209 e. The zero-order valence-electron chi connectivity index (χ0n) is 14.1. The van der Waals surface area contributed by atoms with Crippen molar-refractivity contribution in [1.82, 2.24) is 9.47 Å². The van der Waals surface area contributed by atoms with Crippen LogP contribution in [0.2, 0.25) is 5.02 Å². The van der Waals surface area contributed by atoms with Crippen LogP contribution in [0.1, 0.15) is 40.3 Å². The standard InChI is InChI=1S/C18H21ClN2O2.ClH/c1-4-21(5-2)12-17(22)14-10-16(20(3)11-14)18(23)13-6-8-15(19)9-7-13;/h6-11H,4-5,12H2,1-3H3;1H. The number of Topliss-reactive ketones (excluding diaryl/α,β-unsaturated/α-hetero) is 1. The fourth-order valence-electron chi connectivity index (χ4n) is 2.43. The van der Waals surface area contributed by atoms with Crippen LogP contribution in [0.25, 0.3) is 0 Å². The third kappa shape index (κ3) is 4.69. The van der Waals surface area contributed by atoms with Crippen molar-refractivity contribution in [2.24, 2.45) is 7.05 Å². The Labute approximate surface area is 153 Å². The molecule has 0 aliphatic carbocycles. The minimum Gasteiger partial charge on any atom is -0.347 e. The van der Waals surface area contributed by atoms with Gasteiger partial charge in [0.05, 0.1) is 12.2 Å². The third-order valence-electron chi connectivity index (χ3n) is 3.93. The van der Waals surface area contributed by atoms with Crippen LogP contribution in [0.15, 0.2) is 36.5 Å². The van der Waals surface area contributed by atoms with E-state index in [0.29, 0.717) is 28.4 Å². The number of halogens is 2. The predicted octanol–water partition coefficient (Wildman–Crippen LogP) is 3.86. The van der Waals surface area contributed by atoms with Gasteiger partial charge in [0, 0.05) is 29.4 Å². The van der Waals surface area contributed by atoms with Crippen LogP contribution >= 0.6 is 24.0 Å². The Hall–Kier alpha value is -1.62. The first-order valence-corrected chi connectivity index (χ1v) is 8.06. The lowest BCUT2D eigenvalue weighted by atomic mass is 10.1. The van der Waals surface area contributed by atoms with Crippen molar-refractivity contribution in [3.05, 3.63) is 58.4 Å². The van der Waals surface area contributed by atoms with Crippen molar-refractivity contribution in [2.75, 3.05) is 19.6 Å². The van der Waals surface area contributed by atoms with Gasteiger partial charge in [0.1, 0.15) is 0 Å². The summed E-state index contributed by atoms with van der Waals surface area (Å²) < 4.78 is 1.70. The molecule has 0 fully saturated rings. The summed E-state index contributed by atoms with van der Waals surface area (Å²) in [5, 5.41) is 0.587. The van der Waals surface area contributed by atoms with E-state index in [1.165, 1.54) is 0 Å². The zero-order valence-corrected chi connectivity index (χ0v) is 15.7. The number of nitrogens with zero attached hydrogens (tertiary/aromatic N) is 2. The van der Waals surface area contributed by atoms with Gasteiger partial charge in [-0.1, -0.05) is 25.4 Å². The van der Waals surface area contributed by atoms with Gasteiger partial charge in [-0.3, -0.25) is 14.5 Å². The molecule has 0 unspecified atom stereocenters. The van der Waals surface area contributed by atoms with Crippen molar-refractivity contribution in [3.8, 4) is 0 Å². The molecule has 4 nitrogen and oxygen atoms in total. The molecule has 2 rings (SSSR count). The van der Waals surface area contributed by atoms with Gasteiger partial charge in [0.15, 0.2) is 5.78 Å². The first-order valence-electron chi connectivity index (χ1n) is 7.68. The number of aromatic nitrogens is 1. The number of rotatable bonds is 7. The molecule has 6 heteroatoms. The summed E-state index contributed by atoms with van der Waals surface area (Å²) in [5.41, 5.74) is 1.62. The molecule has 0 saturated carbocycles. The lowest BCUT2D eigenvalue weighted by Gasteiger charge is -2.16. The molecule has 0 bridgehead atoms. The predicted molar refractivity (Wildman–Crippen MR) is 99.7 cm³/mol. The van der Waals surface area contributed by atoms with E-state index in [4.69, 9.17) is 11.6 Å². The molecule has 1 aromatic carbocycles. The fraction of sp³-hybridized carbons (Fsp3) is 0.333. The molecule has 0 radical (unpaired) electrons. The van der Waals surface area contributed by atoms with Crippen molar-refractivity contribution in [1.29, 1.82) is 0 Å². The number of hydrogen-bond acceptors (Lipinski definition) is 3. The third-order valence-corrected chi connectivity index (χ3v) is 4.18. The van der Waals surface area contributed by atoms with Gasteiger partial charge < -0.3 is 4.57 Å². The summed E-state index contributed by atoms with van der Waals surface area (Å²) >= 11 is 5.85. The van der Waals surface area contributed by atoms with E-state index in [2.05, 4.69) is 4.90 Å². The summed E-state index contributed by atoms with van der Waals surface area (Å²) in [6, 6.07) is 8.42. The first kappa shape index (κ1) is 20.4. The molecule has 2 aromatic rings. The Morgan fingerprint density at radius 3 is 2.21 bits per heavy atom. The second-order valence-electron chi connectivity index (χ2n) is 5.45. The average molecular weight is 369 g/mol. The number of aryl methyl sites for hydroxylation is 1. The van der Waals surface area contributed by atoms with Crippen LogP contribution in [0.5, 0.6) is 0 Å². The molecule has 1 heterocycles. The lowest BCUT2D eigenvalue weighted by molar-refractivity contribution is 0.0937. The molecular weight excluding hydrogens is 347 g/mol. The minimum atomic E-state index is -0.119. The van der Waals surface area contributed by atoms with E-state index >= 15 is 0 Å². The maximum absolute atomic E-state index is 12.6.